The van der Waals surface area contributed by atoms with Gasteiger partial charge in [0, 0.05) is 0 Å². The van der Waals surface area contributed by atoms with Gasteiger partial charge in [-0.2, -0.15) is 0 Å². The zero-order chi connectivity index (χ0) is 16.0. The van der Waals surface area contributed by atoms with Crippen LogP contribution in [0.3, 0.4) is 0 Å². The Bertz CT molecular complexity index is 697. The highest BCUT2D eigenvalue weighted by atomic mass is 32.2. The van der Waals surface area contributed by atoms with E-state index in [9.17, 15) is 8.42 Å². The van der Waals surface area contributed by atoms with Gasteiger partial charge in [-0.15, -0.1) is 0 Å². The lowest BCUT2D eigenvalue weighted by molar-refractivity contribution is 0.341. The molecule has 5 heteroatoms. The summed E-state index contributed by atoms with van der Waals surface area (Å²) in [6.07, 6.45) is 0. The maximum atomic E-state index is 12.2. The molecule has 0 aliphatic heterocycles. The SMILES string of the molecule is CC(C)c1ccccc1NS(=O)(=O)CCOc1ccccc1. The summed E-state index contributed by atoms with van der Waals surface area (Å²) in [5, 5.41) is 0. The highest BCUT2D eigenvalue weighted by molar-refractivity contribution is 7.92. The molecule has 0 fully saturated rings. The quantitative estimate of drug-likeness (QED) is 0.848. The third-order valence-corrected chi connectivity index (χ3v) is 4.45. The first kappa shape index (κ1) is 16.4. The van der Waals surface area contributed by atoms with Crippen LogP contribution < -0.4 is 9.46 Å². The molecule has 2 rings (SSSR count). The van der Waals surface area contributed by atoms with Crippen molar-refractivity contribution in [1.82, 2.24) is 0 Å². The van der Waals surface area contributed by atoms with E-state index in [4.69, 9.17) is 4.74 Å². The minimum absolute atomic E-state index is 0.0890. The van der Waals surface area contributed by atoms with Gasteiger partial charge in [0.1, 0.15) is 18.1 Å². The van der Waals surface area contributed by atoms with Gasteiger partial charge in [0.15, 0.2) is 0 Å². The standard InChI is InChI=1S/C17H21NO3S/c1-14(2)16-10-6-7-11-17(16)18-22(19,20)13-12-21-15-8-4-3-5-9-15/h3-11,14,18H,12-13H2,1-2H3. The Morgan fingerprint density at radius 2 is 1.64 bits per heavy atom. The van der Waals surface area contributed by atoms with Crippen LogP contribution in [0.5, 0.6) is 5.75 Å². The van der Waals surface area contributed by atoms with E-state index in [1.54, 1.807) is 18.2 Å². The predicted molar refractivity (Wildman–Crippen MR) is 89.9 cm³/mol. The van der Waals surface area contributed by atoms with E-state index in [0.717, 1.165) is 5.56 Å². The molecule has 2 aromatic carbocycles. The lowest BCUT2D eigenvalue weighted by atomic mass is 10.0. The van der Waals surface area contributed by atoms with Gasteiger partial charge in [0.2, 0.25) is 10.0 Å². The van der Waals surface area contributed by atoms with E-state index in [1.165, 1.54) is 0 Å². The highest BCUT2D eigenvalue weighted by Gasteiger charge is 2.14. The fourth-order valence-corrected chi connectivity index (χ4v) is 3.02. The summed E-state index contributed by atoms with van der Waals surface area (Å²) in [4.78, 5) is 0. The van der Waals surface area contributed by atoms with Crippen LogP contribution in [0, 0.1) is 0 Å². The van der Waals surface area contributed by atoms with Gasteiger partial charge in [-0.25, -0.2) is 8.42 Å². The van der Waals surface area contributed by atoms with Crippen molar-refractivity contribution in [3.63, 3.8) is 0 Å². The Hall–Kier alpha value is -2.01. The molecule has 1 N–H and O–H groups in total. The maximum absolute atomic E-state index is 12.2. The average Bonchev–Trinajstić information content (AvgIpc) is 2.48. The molecule has 0 saturated carbocycles. The highest BCUT2D eigenvalue weighted by Crippen LogP contribution is 2.24. The number of hydrogen-bond donors (Lipinski definition) is 1. The minimum atomic E-state index is -3.44. The van der Waals surface area contributed by atoms with Crippen LogP contribution in [-0.2, 0) is 10.0 Å². The number of benzene rings is 2. The number of rotatable bonds is 7. The van der Waals surface area contributed by atoms with E-state index in [-0.39, 0.29) is 18.3 Å². The van der Waals surface area contributed by atoms with Gasteiger partial charge < -0.3 is 4.74 Å². The molecule has 0 bridgehead atoms. The summed E-state index contributed by atoms with van der Waals surface area (Å²) < 4.78 is 32.4. The first-order valence-corrected chi connectivity index (χ1v) is 8.90. The van der Waals surface area contributed by atoms with Crippen LogP contribution in [0.2, 0.25) is 0 Å². The summed E-state index contributed by atoms with van der Waals surface area (Å²) in [6.45, 7) is 4.18. The Morgan fingerprint density at radius 1 is 1.00 bits per heavy atom. The normalized spacial score (nSPS) is 11.4. The van der Waals surface area contributed by atoms with Gasteiger partial charge in [-0.3, -0.25) is 4.72 Å². The lowest BCUT2D eigenvalue weighted by Crippen LogP contribution is -2.22. The molecule has 0 amide bonds. The van der Waals surface area contributed by atoms with Crippen LogP contribution in [0.1, 0.15) is 25.3 Å². The maximum Gasteiger partial charge on any atom is 0.236 e. The molecule has 22 heavy (non-hydrogen) atoms. The first-order valence-electron chi connectivity index (χ1n) is 7.25. The number of sulfonamides is 1. The minimum Gasteiger partial charge on any atom is -0.492 e. The molecular weight excluding hydrogens is 298 g/mol. The van der Waals surface area contributed by atoms with E-state index < -0.39 is 10.0 Å². The van der Waals surface area contributed by atoms with Gasteiger partial charge in [-0.1, -0.05) is 50.2 Å². The van der Waals surface area contributed by atoms with Gasteiger partial charge >= 0.3 is 0 Å². The Kier molecular flexibility index (Phi) is 5.44. The zero-order valence-corrected chi connectivity index (χ0v) is 13.6. The first-order chi connectivity index (χ1) is 10.5. The van der Waals surface area contributed by atoms with E-state index in [2.05, 4.69) is 4.72 Å². The molecule has 0 heterocycles. The largest absolute Gasteiger partial charge is 0.492 e. The van der Waals surface area contributed by atoms with Crippen LogP contribution in [0.25, 0.3) is 0 Å². The number of nitrogens with one attached hydrogen (secondary N) is 1. The second-order valence-electron chi connectivity index (χ2n) is 5.32. The fourth-order valence-electron chi connectivity index (χ4n) is 2.10. The zero-order valence-electron chi connectivity index (χ0n) is 12.8. The molecule has 0 spiro atoms. The molecule has 118 valence electrons. The smallest absolute Gasteiger partial charge is 0.236 e. The van der Waals surface area contributed by atoms with Gasteiger partial charge in [0.05, 0.1) is 5.69 Å². The fraction of sp³-hybridized carbons (Fsp3) is 0.294. The molecule has 0 aliphatic carbocycles. The van der Waals surface area contributed by atoms with Crippen LogP contribution in [-0.4, -0.2) is 20.8 Å². The number of para-hydroxylation sites is 2. The lowest BCUT2D eigenvalue weighted by Gasteiger charge is -2.15. The van der Waals surface area contributed by atoms with Crippen LogP contribution in [0.15, 0.2) is 54.6 Å². The number of ether oxygens (including phenoxy) is 1. The summed E-state index contributed by atoms with van der Waals surface area (Å²) in [6, 6.07) is 16.6. The summed E-state index contributed by atoms with van der Waals surface area (Å²) in [7, 11) is -3.44. The second kappa shape index (κ2) is 7.31. The molecule has 0 atom stereocenters. The van der Waals surface area contributed by atoms with Crippen molar-refractivity contribution in [2.75, 3.05) is 17.1 Å². The molecule has 4 nitrogen and oxygen atoms in total. The molecule has 0 unspecified atom stereocenters. The van der Waals surface area contributed by atoms with E-state index in [0.29, 0.717) is 11.4 Å². The summed E-state index contributed by atoms with van der Waals surface area (Å²) in [5.41, 5.74) is 1.62. The van der Waals surface area contributed by atoms with Crippen molar-refractivity contribution in [3.8, 4) is 5.75 Å². The Labute approximate surface area is 132 Å². The molecule has 0 saturated heterocycles. The van der Waals surface area contributed by atoms with E-state index in [1.807, 2.05) is 50.2 Å². The molecular formula is C17H21NO3S. The molecule has 0 aromatic heterocycles. The monoisotopic (exact) mass is 319 g/mol. The van der Waals surface area contributed by atoms with Crippen molar-refractivity contribution in [2.45, 2.75) is 19.8 Å². The number of hydrogen-bond acceptors (Lipinski definition) is 3. The Balaban J connectivity index is 1.97. The average molecular weight is 319 g/mol. The third kappa shape index (κ3) is 4.77. The number of anilines is 1. The van der Waals surface area contributed by atoms with Crippen molar-refractivity contribution >= 4 is 15.7 Å². The molecule has 0 aliphatic rings. The van der Waals surface area contributed by atoms with Crippen molar-refractivity contribution < 1.29 is 13.2 Å². The van der Waals surface area contributed by atoms with Crippen molar-refractivity contribution in [1.29, 1.82) is 0 Å². The molecule has 0 radical (unpaired) electrons. The van der Waals surface area contributed by atoms with Crippen molar-refractivity contribution in [3.05, 3.63) is 60.2 Å². The van der Waals surface area contributed by atoms with Gasteiger partial charge in [-0.05, 0) is 29.7 Å². The molecule has 2 aromatic rings. The van der Waals surface area contributed by atoms with Gasteiger partial charge in [0.25, 0.3) is 0 Å². The predicted octanol–water partition coefficient (Wildman–Crippen LogP) is 3.63. The second-order valence-corrected chi connectivity index (χ2v) is 7.17. The van der Waals surface area contributed by atoms with E-state index >= 15 is 0 Å². The van der Waals surface area contributed by atoms with Crippen LogP contribution in [0.4, 0.5) is 5.69 Å². The Morgan fingerprint density at radius 3 is 2.32 bits per heavy atom. The topological polar surface area (TPSA) is 55.4 Å². The summed E-state index contributed by atoms with van der Waals surface area (Å²) in [5.74, 6) is 0.827. The summed E-state index contributed by atoms with van der Waals surface area (Å²) >= 11 is 0. The van der Waals surface area contributed by atoms with Crippen molar-refractivity contribution in [2.24, 2.45) is 0 Å². The third-order valence-electron chi connectivity index (χ3n) is 3.21. The van der Waals surface area contributed by atoms with Crippen LogP contribution >= 0.6 is 0 Å².